The van der Waals surface area contributed by atoms with Crippen LogP contribution >= 0.6 is 15.9 Å². The third-order valence-corrected chi connectivity index (χ3v) is 3.89. The number of nitrogens with one attached hydrogen (secondary N) is 1. The number of hydrogen-bond acceptors (Lipinski definition) is 1. The Bertz CT molecular complexity index is 496. The highest BCUT2D eigenvalue weighted by molar-refractivity contribution is 9.10. The molecule has 0 amide bonds. The fourth-order valence-electron chi connectivity index (χ4n) is 2.39. The largest absolute Gasteiger partial charge is 0.319 e. The Morgan fingerprint density at radius 1 is 1.05 bits per heavy atom. The van der Waals surface area contributed by atoms with Crippen molar-refractivity contribution in [3.8, 4) is 0 Å². The van der Waals surface area contributed by atoms with Gasteiger partial charge in [0, 0.05) is 11.0 Å². The zero-order chi connectivity index (χ0) is 13.5. The Morgan fingerprint density at radius 3 is 2.53 bits per heavy atom. The van der Waals surface area contributed by atoms with Crippen LogP contribution in [0, 0.1) is 0 Å². The van der Waals surface area contributed by atoms with E-state index < -0.39 is 0 Å². The summed E-state index contributed by atoms with van der Waals surface area (Å²) in [7, 11) is 2.02. The summed E-state index contributed by atoms with van der Waals surface area (Å²) in [5, 5.41) is 3.30. The average Bonchev–Trinajstić information content (AvgIpc) is 2.44. The molecule has 0 fully saturated rings. The number of benzene rings is 2. The lowest BCUT2D eigenvalue weighted by atomic mass is 9.92. The molecule has 0 aliphatic carbocycles. The van der Waals surface area contributed by atoms with Gasteiger partial charge in [-0.1, -0.05) is 58.4 Å². The van der Waals surface area contributed by atoms with E-state index >= 15 is 0 Å². The quantitative estimate of drug-likeness (QED) is 0.833. The van der Waals surface area contributed by atoms with E-state index in [0.717, 1.165) is 17.4 Å². The number of rotatable bonds is 6. The van der Waals surface area contributed by atoms with Crippen LogP contribution in [-0.4, -0.2) is 13.6 Å². The second-order valence-corrected chi connectivity index (χ2v) is 5.75. The first-order chi connectivity index (χ1) is 9.29. The third-order valence-electron chi connectivity index (χ3n) is 3.39. The molecule has 1 nitrogen and oxygen atoms in total. The summed E-state index contributed by atoms with van der Waals surface area (Å²) < 4.78 is 1.16. The van der Waals surface area contributed by atoms with Crippen molar-refractivity contribution in [3.05, 3.63) is 70.2 Å². The molecule has 0 heterocycles. The summed E-state index contributed by atoms with van der Waals surface area (Å²) in [6, 6.07) is 19.4. The topological polar surface area (TPSA) is 12.0 Å². The van der Waals surface area contributed by atoms with Crippen LogP contribution in [0.3, 0.4) is 0 Å². The average molecular weight is 318 g/mol. The van der Waals surface area contributed by atoms with E-state index in [9.17, 15) is 0 Å². The zero-order valence-corrected chi connectivity index (χ0v) is 12.9. The highest BCUT2D eigenvalue weighted by Crippen LogP contribution is 2.22. The molecular formula is C17H20BrN. The minimum absolute atomic E-state index is 0.574. The fraction of sp³-hybridized carbons (Fsp3) is 0.294. The molecule has 0 spiro atoms. The Morgan fingerprint density at radius 2 is 1.84 bits per heavy atom. The molecule has 0 aliphatic rings. The molecule has 0 aliphatic heterocycles. The number of halogens is 1. The van der Waals surface area contributed by atoms with Gasteiger partial charge < -0.3 is 5.32 Å². The molecular weight excluding hydrogens is 298 g/mol. The van der Waals surface area contributed by atoms with Gasteiger partial charge in [0.2, 0.25) is 0 Å². The normalized spacial score (nSPS) is 12.3. The standard InChI is InChI=1S/C17H20BrN/c1-19-13-16(15-7-3-2-4-8-15)11-10-14-6-5-9-17(18)12-14/h2-9,12,16,19H,10-11,13H2,1H3. The summed E-state index contributed by atoms with van der Waals surface area (Å²) in [6.07, 6.45) is 2.28. The summed E-state index contributed by atoms with van der Waals surface area (Å²) in [6.45, 7) is 1.03. The Hall–Kier alpha value is -1.12. The third kappa shape index (κ3) is 4.48. The van der Waals surface area contributed by atoms with Crippen molar-refractivity contribution in [1.29, 1.82) is 0 Å². The van der Waals surface area contributed by atoms with Crippen molar-refractivity contribution in [3.63, 3.8) is 0 Å². The first-order valence-corrected chi connectivity index (χ1v) is 7.53. The molecule has 0 saturated heterocycles. The first kappa shape index (κ1) is 14.3. The number of aryl methyl sites for hydroxylation is 1. The van der Waals surface area contributed by atoms with Crippen LogP contribution < -0.4 is 5.32 Å². The van der Waals surface area contributed by atoms with E-state index in [1.54, 1.807) is 0 Å². The van der Waals surface area contributed by atoms with Crippen LogP contribution in [-0.2, 0) is 6.42 Å². The zero-order valence-electron chi connectivity index (χ0n) is 11.3. The molecule has 2 aromatic rings. The van der Waals surface area contributed by atoms with Gasteiger partial charge in [-0.15, -0.1) is 0 Å². The van der Waals surface area contributed by atoms with E-state index in [4.69, 9.17) is 0 Å². The maximum absolute atomic E-state index is 3.53. The van der Waals surface area contributed by atoms with Crippen LogP contribution in [0.2, 0.25) is 0 Å². The highest BCUT2D eigenvalue weighted by atomic mass is 79.9. The second-order valence-electron chi connectivity index (χ2n) is 4.83. The summed E-state index contributed by atoms with van der Waals surface area (Å²) in [4.78, 5) is 0. The van der Waals surface area contributed by atoms with Gasteiger partial charge in [-0.05, 0) is 49.1 Å². The lowest BCUT2D eigenvalue weighted by molar-refractivity contribution is 0.584. The molecule has 0 bridgehead atoms. The van der Waals surface area contributed by atoms with Gasteiger partial charge in [-0.3, -0.25) is 0 Å². The molecule has 0 aromatic heterocycles. The molecule has 2 heteroatoms. The highest BCUT2D eigenvalue weighted by Gasteiger charge is 2.10. The Kier molecular flexibility index (Phi) is 5.62. The van der Waals surface area contributed by atoms with E-state index in [1.165, 1.54) is 17.5 Å². The van der Waals surface area contributed by atoms with Crippen LogP contribution in [0.25, 0.3) is 0 Å². The van der Waals surface area contributed by atoms with Gasteiger partial charge in [-0.2, -0.15) is 0 Å². The van der Waals surface area contributed by atoms with Gasteiger partial charge in [-0.25, -0.2) is 0 Å². The van der Waals surface area contributed by atoms with Crippen LogP contribution in [0.4, 0.5) is 0 Å². The molecule has 19 heavy (non-hydrogen) atoms. The molecule has 2 rings (SSSR count). The van der Waals surface area contributed by atoms with E-state index in [2.05, 4.69) is 75.8 Å². The van der Waals surface area contributed by atoms with Crippen molar-refractivity contribution < 1.29 is 0 Å². The monoisotopic (exact) mass is 317 g/mol. The molecule has 1 unspecified atom stereocenters. The predicted molar refractivity (Wildman–Crippen MR) is 85.6 cm³/mol. The lowest BCUT2D eigenvalue weighted by Gasteiger charge is -2.17. The molecule has 0 saturated carbocycles. The predicted octanol–water partition coefficient (Wildman–Crippen LogP) is 4.38. The number of hydrogen-bond donors (Lipinski definition) is 1. The van der Waals surface area contributed by atoms with E-state index in [1.807, 2.05) is 7.05 Å². The molecule has 1 atom stereocenters. The minimum atomic E-state index is 0.574. The fourth-order valence-corrected chi connectivity index (χ4v) is 2.84. The van der Waals surface area contributed by atoms with Crippen molar-refractivity contribution in [1.82, 2.24) is 5.32 Å². The van der Waals surface area contributed by atoms with Gasteiger partial charge in [0.05, 0.1) is 0 Å². The van der Waals surface area contributed by atoms with Crippen molar-refractivity contribution in [2.24, 2.45) is 0 Å². The van der Waals surface area contributed by atoms with Crippen LogP contribution in [0.5, 0.6) is 0 Å². The maximum Gasteiger partial charge on any atom is 0.0177 e. The van der Waals surface area contributed by atoms with Gasteiger partial charge in [0.15, 0.2) is 0 Å². The summed E-state index contributed by atoms with van der Waals surface area (Å²) in [5.74, 6) is 0.574. The van der Waals surface area contributed by atoms with E-state index in [0.29, 0.717) is 5.92 Å². The number of likely N-dealkylation sites (N-methyl/N-ethyl adjacent to an activating group) is 1. The van der Waals surface area contributed by atoms with Crippen LogP contribution in [0.1, 0.15) is 23.5 Å². The van der Waals surface area contributed by atoms with Crippen molar-refractivity contribution in [2.75, 3.05) is 13.6 Å². The second kappa shape index (κ2) is 7.46. The van der Waals surface area contributed by atoms with Gasteiger partial charge in [0.25, 0.3) is 0 Å². The summed E-state index contributed by atoms with van der Waals surface area (Å²) >= 11 is 3.53. The van der Waals surface area contributed by atoms with Crippen LogP contribution in [0.15, 0.2) is 59.1 Å². The molecule has 0 radical (unpaired) electrons. The Labute approximate surface area is 124 Å². The van der Waals surface area contributed by atoms with Gasteiger partial charge >= 0.3 is 0 Å². The molecule has 1 N–H and O–H groups in total. The van der Waals surface area contributed by atoms with Gasteiger partial charge in [0.1, 0.15) is 0 Å². The SMILES string of the molecule is CNCC(CCc1cccc(Br)c1)c1ccccc1. The minimum Gasteiger partial charge on any atom is -0.319 e. The molecule has 2 aromatic carbocycles. The molecule has 100 valence electrons. The van der Waals surface area contributed by atoms with Crippen molar-refractivity contribution >= 4 is 15.9 Å². The maximum atomic E-state index is 3.53. The smallest absolute Gasteiger partial charge is 0.0177 e. The van der Waals surface area contributed by atoms with E-state index in [-0.39, 0.29) is 0 Å². The summed E-state index contributed by atoms with van der Waals surface area (Å²) in [5.41, 5.74) is 2.82. The lowest BCUT2D eigenvalue weighted by Crippen LogP contribution is -2.17. The van der Waals surface area contributed by atoms with Crippen molar-refractivity contribution in [2.45, 2.75) is 18.8 Å². The Balaban J connectivity index is 2.01. The first-order valence-electron chi connectivity index (χ1n) is 6.73.